The van der Waals surface area contributed by atoms with Gasteiger partial charge in [0.15, 0.2) is 0 Å². The van der Waals surface area contributed by atoms with Crippen LogP contribution in [-0.4, -0.2) is 16.1 Å². The number of carbonyl (C=O) groups excluding carboxylic acids is 1. The van der Waals surface area contributed by atoms with Crippen molar-refractivity contribution >= 4 is 6.08 Å². The number of rotatable bonds is 1. The van der Waals surface area contributed by atoms with Crippen molar-refractivity contribution in [3.8, 4) is 0 Å². The average molecular weight is 170 g/mol. The highest BCUT2D eigenvalue weighted by Gasteiger charge is 1.98. The normalized spacial score (nSPS) is 9.00. The Kier molecular flexibility index (Phi) is 1.84. The number of hydrogen-bond donors (Lipinski definition) is 2. The molecule has 0 saturated carbocycles. The maximum absolute atomic E-state index is 10.6. The molecule has 0 bridgehead atoms. The summed E-state index contributed by atoms with van der Waals surface area (Å²) in [5.74, 6) is 0. The Labute approximate surface area is 63.2 Å². The van der Waals surface area contributed by atoms with E-state index in [1.54, 1.807) is 5.10 Å². The zero-order valence-electron chi connectivity index (χ0n) is 5.53. The summed E-state index contributed by atoms with van der Waals surface area (Å²) in [6, 6.07) is 0. The van der Waals surface area contributed by atoms with Crippen LogP contribution in [0.25, 0.3) is 0 Å². The molecule has 2 N–H and O–H groups in total. The fraction of sp³-hybridized carbons (Fsp3) is 0. The van der Waals surface area contributed by atoms with Crippen molar-refractivity contribution in [3.05, 3.63) is 26.1 Å². The smallest absolute Gasteiger partial charge is 0.317 e. The SMILES string of the molecule is N=c1on(N=C=O)[nH]c(=O)c1=O. The third kappa shape index (κ3) is 1.27. The van der Waals surface area contributed by atoms with E-state index in [1.807, 2.05) is 0 Å². The molecule has 62 valence electrons. The predicted octanol–water partition coefficient (Wildman–Crippen LogP) is -2.29. The van der Waals surface area contributed by atoms with Crippen LogP contribution in [0.5, 0.6) is 0 Å². The van der Waals surface area contributed by atoms with E-state index in [0.29, 0.717) is 0 Å². The molecule has 8 nitrogen and oxygen atoms in total. The minimum Gasteiger partial charge on any atom is -0.317 e. The number of hydrogen-bond acceptors (Lipinski definition) is 6. The Balaban J connectivity index is 3.63. The van der Waals surface area contributed by atoms with Gasteiger partial charge in [0, 0.05) is 0 Å². The Morgan fingerprint density at radius 3 is 2.75 bits per heavy atom. The van der Waals surface area contributed by atoms with E-state index < -0.39 is 16.5 Å². The van der Waals surface area contributed by atoms with Crippen LogP contribution in [0.15, 0.2) is 19.2 Å². The summed E-state index contributed by atoms with van der Waals surface area (Å²) < 4.78 is 4.22. The summed E-state index contributed by atoms with van der Waals surface area (Å²) >= 11 is 0. The zero-order valence-corrected chi connectivity index (χ0v) is 5.53. The topological polar surface area (TPSA) is 121 Å². The lowest BCUT2D eigenvalue weighted by Gasteiger charge is -1.89. The van der Waals surface area contributed by atoms with E-state index >= 15 is 0 Å². The second-order valence-corrected chi connectivity index (χ2v) is 1.65. The van der Waals surface area contributed by atoms with Gasteiger partial charge in [-0.3, -0.25) is 15.0 Å². The molecular weight excluding hydrogens is 168 g/mol. The van der Waals surface area contributed by atoms with Gasteiger partial charge >= 0.3 is 11.0 Å². The number of nitrogens with zero attached hydrogens (tertiary/aromatic N) is 2. The van der Waals surface area contributed by atoms with Crippen molar-refractivity contribution in [2.24, 2.45) is 5.10 Å². The molecule has 0 aliphatic heterocycles. The number of nitrogens with one attached hydrogen (secondary N) is 2. The van der Waals surface area contributed by atoms with Crippen LogP contribution in [0.1, 0.15) is 0 Å². The first-order valence-electron chi connectivity index (χ1n) is 2.65. The first kappa shape index (κ1) is 7.89. The number of aromatic nitrogens is 2. The van der Waals surface area contributed by atoms with E-state index in [4.69, 9.17) is 5.41 Å². The molecule has 0 saturated heterocycles. The lowest BCUT2D eigenvalue weighted by atomic mass is 10.7. The molecule has 12 heavy (non-hydrogen) atoms. The second-order valence-electron chi connectivity index (χ2n) is 1.65. The third-order valence-electron chi connectivity index (χ3n) is 0.919. The Morgan fingerprint density at radius 1 is 1.58 bits per heavy atom. The lowest BCUT2D eigenvalue weighted by molar-refractivity contribution is 0.198. The van der Waals surface area contributed by atoms with Crippen molar-refractivity contribution in [3.63, 3.8) is 0 Å². The average Bonchev–Trinajstić information content (AvgIpc) is 2.01. The fourth-order valence-corrected chi connectivity index (χ4v) is 0.474. The summed E-state index contributed by atoms with van der Waals surface area (Å²) in [4.78, 5) is 31.0. The highest BCUT2D eigenvalue weighted by molar-refractivity contribution is 5.31. The standard InChI is InChI=1S/C4H2N4O4/c5-3-2(10)4(11)7-8(12-3)6-1-9/h5H,(H,7,11). The quantitative estimate of drug-likeness (QED) is 0.279. The van der Waals surface area contributed by atoms with Gasteiger partial charge < -0.3 is 4.52 Å². The van der Waals surface area contributed by atoms with Gasteiger partial charge in [-0.1, -0.05) is 0 Å². The zero-order chi connectivity index (χ0) is 9.14. The Hall–Kier alpha value is -2.21. The Bertz CT molecular complexity index is 465. The first-order chi connectivity index (χ1) is 5.65. The molecule has 0 aliphatic carbocycles. The molecule has 0 aliphatic rings. The molecule has 0 amide bonds. The van der Waals surface area contributed by atoms with E-state index in [0.717, 1.165) is 6.08 Å². The van der Waals surface area contributed by atoms with Crippen LogP contribution in [0.4, 0.5) is 0 Å². The van der Waals surface area contributed by atoms with E-state index in [1.165, 1.54) is 0 Å². The summed E-state index contributed by atoms with van der Waals surface area (Å²) in [6.07, 6.45) is 1.05. The molecule has 0 spiro atoms. The van der Waals surface area contributed by atoms with Crippen molar-refractivity contribution < 1.29 is 9.32 Å². The maximum Gasteiger partial charge on any atom is 0.320 e. The van der Waals surface area contributed by atoms with Crippen LogP contribution in [-0.2, 0) is 4.79 Å². The lowest BCUT2D eigenvalue weighted by Crippen LogP contribution is -2.41. The van der Waals surface area contributed by atoms with Gasteiger partial charge in [-0.25, -0.2) is 9.89 Å². The molecule has 0 radical (unpaired) electrons. The third-order valence-corrected chi connectivity index (χ3v) is 0.919. The molecular formula is C4H2N4O4. The number of H-pyrrole nitrogens is 1. The number of aromatic amines is 1. The van der Waals surface area contributed by atoms with Crippen LogP contribution in [0, 0.1) is 5.41 Å². The largest absolute Gasteiger partial charge is 0.320 e. The molecule has 0 fully saturated rings. The van der Waals surface area contributed by atoms with Gasteiger partial charge in [0.25, 0.3) is 11.6 Å². The van der Waals surface area contributed by atoms with Gasteiger partial charge in [-0.2, -0.15) is 0 Å². The highest BCUT2D eigenvalue weighted by atomic mass is 16.5. The molecule has 1 heterocycles. The van der Waals surface area contributed by atoms with E-state index in [2.05, 4.69) is 9.62 Å². The summed E-state index contributed by atoms with van der Waals surface area (Å²) in [7, 11) is 0. The molecule has 0 aromatic carbocycles. The molecule has 0 unspecified atom stereocenters. The molecule has 1 aromatic heterocycles. The van der Waals surface area contributed by atoms with Gasteiger partial charge in [0.05, 0.1) is 0 Å². The van der Waals surface area contributed by atoms with Crippen molar-refractivity contribution in [1.29, 1.82) is 5.41 Å². The van der Waals surface area contributed by atoms with Crippen LogP contribution in [0.2, 0.25) is 0 Å². The minimum atomic E-state index is -1.13. The molecule has 1 aromatic rings. The summed E-state index contributed by atoms with van der Waals surface area (Å²) in [5.41, 5.74) is -3.13. The number of isocyanates is 1. The van der Waals surface area contributed by atoms with Gasteiger partial charge in [-0.05, 0) is 10.1 Å². The van der Waals surface area contributed by atoms with Crippen molar-refractivity contribution in [1.82, 2.24) is 10.1 Å². The van der Waals surface area contributed by atoms with E-state index in [9.17, 15) is 14.4 Å². The van der Waals surface area contributed by atoms with E-state index in [-0.39, 0.29) is 4.96 Å². The molecule has 1 rings (SSSR count). The minimum absolute atomic E-state index is 0.277. The van der Waals surface area contributed by atoms with Crippen molar-refractivity contribution in [2.45, 2.75) is 0 Å². The molecule has 0 atom stereocenters. The fourth-order valence-electron chi connectivity index (χ4n) is 0.474. The van der Waals surface area contributed by atoms with Gasteiger partial charge in [0.2, 0.25) is 0 Å². The van der Waals surface area contributed by atoms with Crippen molar-refractivity contribution in [2.75, 3.05) is 0 Å². The summed E-state index contributed by atoms with van der Waals surface area (Å²) in [5, 5.41) is 11.3. The monoisotopic (exact) mass is 170 g/mol. The highest BCUT2D eigenvalue weighted by Crippen LogP contribution is 1.64. The van der Waals surface area contributed by atoms with Crippen LogP contribution in [0.3, 0.4) is 0 Å². The second kappa shape index (κ2) is 2.81. The maximum atomic E-state index is 10.6. The molecule has 8 heteroatoms. The van der Waals surface area contributed by atoms with Crippen LogP contribution >= 0.6 is 0 Å². The van der Waals surface area contributed by atoms with Gasteiger partial charge in [0.1, 0.15) is 0 Å². The van der Waals surface area contributed by atoms with Gasteiger partial charge in [-0.15, -0.1) is 0 Å². The Morgan fingerprint density at radius 2 is 2.25 bits per heavy atom. The predicted molar refractivity (Wildman–Crippen MR) is 33.0 cm³/mol. The van der Waals surface area contributed by atoms with Crippen LogP contribution < -0.4 is 16.5 Å². The first-order valence-corrected chi connectivity index (χ1v) is 2.65. The summed E-state index contributed by atoms with van der Waals surface area (Å²) in [6.45, 7) is 0.